The first kappa shape index (κ1) is 41.3. The molecular weight excluding hydrogens is 656 g/mol. The van der Waals surface area contributed by atoms with E-state index in [4.69, 9.17) is 21.1 Å². The van der Waals surface area contributed by atoms with Crippen LogP contribution in [0.2, 0.25) is 5.02 Å². The van der Waals surface area contributed by atoms with E-state index in [-0.39, 0.29) is 34.4 Å². The second kappa shape index (κ2) is 20.6. The highest BCUT2D eigenvalue weighted by Crippen LogP contribution is 2.38. The van der Waals surface area contributed by atoms with Crippen molar-refractivity contribution in [3.05, 3.63) is 22.8 Å². The van der Waals surface area contributed by atoms with Crippen LogP contribution in [-0.2, 0) is 24.5 Å². The smallest absolute Gasteiger partial charge is 0.253 e. The van der Waals surface area contributed by atoms with Crippen LogP contribution < -0.4 is 10.6 Å². The first-order valence-electron chi connectivity index (χ1n) is 18.8. The molecule has 4 N–H and O–H groups in total. The fourth-order valence-electron chi connectivity index (χ4n) is 6.00. The Morgan fingerprint density at radius 2 is 1.26 bits per heavy atom. The zero-order valence-electron chi connectivity index (χ0n) is 31.4. The van der Waals surface area contributed by atoms with E-state index in [0.29, 0.717) is 53.8 Å². The molecule has 12 heteroatoms. The molecule has 2 atom stereocenters. The van der Waals surface area contributed by atoms with Crippen molar-refractivity contribution in [3.8, 4) is 17.1 Å². The molecule has 2 heterocycles. The summed E-state index contributed by atoms with van der Waals surface area (Å²) in [5.41, 5.74) is 1.67. The fourth-order valence-corrected chi connectivity index (χ4v) is 6.44. The molecule has 0 fully saturated rings. The molecule has 0 aliphatic heterocycles. The van der Waals surface area contributed by atoms with Crippen LogP contribution in [0.15, 0.2) is 12.1 Å². The Bertz CT molecular complexity index is 1440. The van der Waals surface area contributed by atoms with Crippen LogP contribution in [0.4, 0.5) is 11.4 Å². The highest BCUT2D eigenvalue weighted by Gasteiger charge is 2.27. The number of nitrogens with one attached hydrogen (secondary N) is 3. The first-order chi connectivity index (χ1) is 23.9. The van der Waals surface area contributed by atoms with Gasteiger partial charge in [-0.2, -0.15) is 5.10 Å². The van der Waals surface area contributed by atoms with Crippen molar-refractivity contribution >= 4 is 40.4 Å². The van der Waals surface area contributed by atoms with E-state index in [0.717, 1.165) is 38.5 Å². The summed E-state index contributed by atoms with van der Waals surface area (Å²) >= 11 is 6.71. The van der Waals surface area contributed by atoms with Gasteiger partial charge in [0.1, 0.15) is 17.2 Å². The molecule has 2 unspecified atom stereocenters. The third-order valence-electron chi connectivity index (χ3n) is 8.81. The Hall–Kier alpha value is -3.15. The van der Waals surface area contributed by atoms with Gasteiger partial charge < -0.3 is 30.2 Å². The Kier molecular flexibility index (Phi) is 17.0. The molecule has 0 radical (unpaired) electrons. The number of rotatable bonds is 23. The van der Waals surface area contributed by atoms with Gasteiger partial charge in [0, 0.05) is 24.2 Å². The molecular formula is C38H61ClN6O5. The molecule has 11 nitrogen and oxygen atoms in total. The normalized spacial score (nSPS) is 13.1. The Morgan fingerprint density at radius 1 is 0.800 bits per heavy atom. The molecule has 0 spiro atoms. The maximum Gasteiger partial charge on any atom is 0.253 e. The standard InChI is InChI=1S/C38H61ClN6O5/c1-8-12-14-16-18-20-22-29(49-10-3)36(47)40-27-24-26(34-42-35-31(39)33(38(5,6)7)43-45(35)44-34)25-28(32(27)46)41-37(48)30(50-11-4)23-21-19-17-15-13-9-2/h24-25,29-30,46H,8-23H2,1-7H3,(H,40,47)(H,41,48)(H,42,44). The van der Waals surface area contributed by atoms with Crippen molar-refractivity contribution in [3.63, 3.8) is 0 Å². The molecule has 0 aliphatic carbocycles. The molecule has 0 bridgehead atoms. The monoisotopic (exact) mass is 716 g/mol. The number of carbonyl (C=O) groups excluding carboxylic acids is 2. The number of halogens is 1. The summed E-state index contributed by atoms with van der Waals surface area (Å²) in [5, 5.41) is 26.9. The number of aromatic hydroxyl groups is 1. The largest absolute Gasteiger partial charge is 0.504 e. The Balaban J connectivity index is 1.92. The number of phenols is 1. The van der Waals surface area contributed by atoms with Crippen molar-refractivity contribution in [1.82, 2.24) is 19.8 Å². The number of benzene rings is 1. The predicted octanol–water partition coefficient (Wildman–Crippen LogP) is 9.57. The zero-order chi connectivity index (χ0) is 36.7. The number of unbranched alkanes of at least 4 members (excludes halogenated alkanes) is 10. The van der Waals surface area contributed by atoms with Crippen molar-refractivity contribution in [2.24, 2.45) is 0 Å². The number of fused-ring (bicyclic) bond motifs is 1. The SMILES string of the molecule is CCCCCCCCC(OCC)C(=O)Nc1cc(-c2nn3nc(C(C)(C)C)c(Cl)c3[nH]2)cc(NC(=O)C(CCCCCCCC)OCC)c1O. The van der Waals surface area contributed by atoms with E-state index in [2.05, 4.69) is 39.7 Å². The van der Waals surface area contributed by atoms with Crippen LogP contribution in [0, 0.1) is 0 Å². The Morgan fingerprint density at radius 3 is 1.68 bits per heavy atom. The minimum atomic E-state index is -0.687. The number of phenolic OH excluding ortho intramolecular Hbond substituents is 1. The number of aromatic nitrogens is 4. The topological polar surface area (TPSA) is 143 Å². The van der Waals surface area contributed by atoms with E-state index in [1.807, 2.05) is 34.6 Å². The van der Waals surface area contributed by atoms with E-state index < -0.39 is 12.2 Å². The van der Waals surface area contributed by atoms with Gasteiger partial charge in [0.15, 0.2) is 17.2 Å². The minimum Gasteiger partial charge on any atom is -0.504 e. The van der Waals surface area contributed by atoms with Gasteiger partial charge in [-0.15, -0.1) is 9.73 Å². The van der Waals surface area contributed by atoms with Gasteiger partial charge in [-0.3, -0.25) is 9.59 Å². The second-order valence-corrected chi connectivity index (χ2v) is 14.5. The molecule has 50 heavy (non-hydrogen) atoms. The summed E-state index contributed by atoms with van der Waals surface area (Å²) in [5.74, 6) is -0.618. The third kappa shape index (κ3) is 12.0. The summed E-state index contributed by atoms with van der Waals surface area (Å²) in [7, 11) is 0. The fraction of sp³-hybridized carbons (Fsp3) is 0.684. The van der Waals surface area contributed by atoms with Crippen LogP contribution in [0.5, 0.6) is 5.75 Å². The third-order valence-corrected chi connectivity index (χ3v) is 9.17. The first-order valence-corrected chi connectivity index (χ1v) is 19.2. The van der Waals surface area contributed by atoms with Crippen molar-refractivity contribution in [1.29, 1.82) is 0 Å². The second-order valence-electron chi connectivity index (χ2n) is 14.1. The number of H-pyrrole nitrogens is 1. The molecule has 280 valence electrons. The summed E-state index contributed by atoms with van der Waals surface area (Å²) < 4.78 is 13.1. The van der Waals surface area contributed by atoms with Crippen molar-refractivity contribution < 1.29 is 24.2 Å². The molecule has 1 aromatic carbocycles. The quantitative estimate of drug-likeness (QED) is 0.0565. The van der Waals surface area contributed by atoms with E-state index in [1.54, 1.807) is 12.1 Å². The minimum absolute atomic E-state index is 0.120. The van der Waals surface area contributed by atoms with Crippen LogP contribution in [-0.4, -0.2) is 62.2 Å². The van der Waals surface area contributed by atoms with Crippen LogP contribution in [0.1, 0.15) is 144 Å². The molecule has 2 aromatic heterocycles. The summed E-state index contributed by atoms with van der Waals surface area (Å²) in [6.45, 7) is 14.9. The predicted molar refractivity (Wildman–Crippen MR) is 202 cm³/mol. The Labute approximate surface area is 303 Å². The molecule has 0 aliphatic rings. The van der Waals surface area contributed by atoms with Crippen molar-refractivity contribution in [2.75, 3.05) is 23.8 Å². The van der Waals surface area contributed by atoms with Gasteiger partial charge >= 0.3 is 0 Å². The number of anilines is 2. The average Bonchev–Trinajstić information content (AvgIpc) is 3.64. The summed E-state index contributed by atoms with van der Waals surface area (Å²) in [4.78, 5) is 30.4. The summed E-state index contributed by atoms with van der Waals surface area (Å²) in [6.07, 6.45) is 12.9. The zero-order valence-corrected chi connectivity index (χ0v) is 32.2. The highest BCUT2D eigenvalue weighted by molar-refractivity contribution is 6.34. The number of ether oxygens (including phenoxy) is 2. The van der Waals surface area contributed by atoms with E-state index in [9.17, 15) is 14.7 Å². The van der Waals surface area contributed by atoms with Crippen molar-refractivity contribution in [2.45, 2.75) is 156 Å². The lowest BCUT2D eigenvalue weighted by Crippen LogP contribution is -2.31. The van der Waals surface area contributed by atoms with Gasteiger partial charge in [-0.1, -0.05) is 123 Å². The highest BCUT2D eigenvalue weighted by atomic mass is 35.5. The van der Waals surface area contributed by atoms with E-state index in [1.165, 1.54) is 43.2 Å². The number of nitrogens with zero attached hydrogens (tertiary/aromatic N) is 3. The molecule has 3 rings (SSSR count). The summed E-state index contributed by atoms with van der Waals surface area (Å²) in [6, 6.07) is 3.23. The van der Waals surface area contributed by atoms with Gasteiger partial charge in [0.25, 0.3) is 11.8 Å². The number of aromatic amines is 1. The van der Waals surface area contributed by atoms with Gasteiger partial charge in [-0.25, -0.2) is 0 Å². The molecule has 0 saturated carbocycles. The lowest BCUT2D eigenvalue weighted by molar-refractivity contribution is -0.128. The maximum atomic E-state index is 13.6. The number of amides is 2. The molecule has 3 aromatic rings. The molecule has 0 saturated heterocycles. The number of hydrogen-bond donors (Lipinski definition) is 4. The van der Waals surface area contributed by atoms with Gasteiger partial charge in [0.2, 0.25) is 0 Å². The average molecular weight is 717 g/mol. The lowest BCUT2D eigenvalue weighted by atomic mass is 9.92. The number of hydrogen-bond acceptors (Lipinski definition) is 7. The van der Waals surface area contributed by atoms with Crippen LogP contribution in [0.3, 0.4) is 0 Å². The van der Waals surface area contributed by atoms with E-state index >= 15 is 0 Å². The number of carbonyl (C=O) groups is 2. The van der Waals surface area contributed by atoms with Gasteiger partial charge in [0.05, 0.1) is 17.1 Å². The maximum absolute atomic E-state index is 13.6. The van der Waals surface area contributed by atoms with Crippen LogP contribution in [0.25, 0.3) is 17.0 Å². The molecule has 2 amide bonds. The van der Waals surface area contributed by atoms with Gasteiger partial charge in [-0.05, 0) is 38.8 Å². The lowest BCUT2D eigenvalue weighted by Gasteiger charge is -2.20. The van der Waals surface area contributed by atoms with Crippen LogP contribution >= 0.6 is 11.6 Å².